The van der Waals surface area contributed by atoms with E-state index in [9.17, 15) is 4.79 Å². The summed E-state index contributed by atoms with van der Waals surface area (Å²) in [6.07, 6.45) is 1.97. The minimum absolute atomic E-state index is 0. The van der Waals surface area contributed by atoms with Gasteiger partial charge in [0.05, 0.1) is 12.5 Å². The van der Waals surface area contributed by atoms with Gasteiger partial charge in [0.1, 0.15) is 0 Å². The van der Waals surface area contributed by atoms with Crippen LogP contribution in [0.1, 0.15) is 36.5 Å². The van der Waals surface area contributed by atoms with E-state index >= 15 is 0 Å². The van der Waals surface area contributed by atoms with Crippen LogP contribution in [0.15, 0.2) is 0 Å². The van der Waals surface area contributed by atoms with E-state index in [0.717, 1.165) is 12.8 Å². The van der Waals surface area contributed by atoms with Crippen LogP contribution in [-0.4, -0.2) is 50.3 Å². The van der Waals surface area contributed by atoms with Crippen molar-refractivity contribution in [1.82, 2.24) is 0 Å². The second-order valence-corrected chi connectivity index (χ2v) is 2.44. The van der Waals surface area contributed by atoms with Gasteiger partial charge in [-0.15, -0.1) is 0 Å². The predicted octanol–water partition coefficient (Wildman–Crippen LogP) is 1.83. The molecule has 0 heterocycles. The van der Waals surface area contributed by atoms with Crippen molar-refractivity contribution in [3.05, 3.63) is 0 Å². The Balaban J connectivity index is -0.000000135. The Bertz CT molecular complexity index is 112. The van der Waals surface area contributed by atoms with Crippen LogP contribution in [0.25, 0.3) is 0 Å². The summed E-state index contributed by atoms with van der Waals surface area (Å²) in [5.41, 5.74) is 0. The van der Waals surface area contributed by atoms with Gasteiger partial charge in [0, 0.05) is 0 Å². The Hall–Kier alpha value is 0.730. The molecular weight excluding hydrogens is 168 g/mol. The average Bonchev–Trinajstić information content (AvgIpc) is 1.89. The van der Waals surface area contributed by atoms with Crippen LogP contribution in [-0.2, 0) is 9.53 Å². The standard InChI is InChI=1S/C8H16O2.Ca.2H/c1-4-6-7(3)8(9)10-5-2;;;/h7H,4-6H2,1-3H3;;;/q;+2;2*-1. The minimum Gasteiger partial charge on any atom is -1.00 e. The fourth-order valence-electron chi connectivity index (χ4n) is 0.835. The van der Waals surface area contributed by atoms with Gasteiger partial charge in [-0.25, -0.2) is 0 Å². The number of hydrogen-bond donors (Lipinski definition) is 0. The molecule has 0 aromatic rings. The predicted molar refractivity (Wildman–Crippen MR) is 48.7 cm³/mol. The van der Waals surface area contributed by atoms with Crippen molar-refractivity contribution < 1.29 is 12.4 Å². The molecule has 0 aromatic carbocycles. The normalized spacial score (nSPS) is 11.5. The maximum absolute atomic E-state index is 10.9. The van der Waals surface area contributed by atoms with E-state index < -0.39 is 0 Å². The van der Waals surface area contributed by atoms with E-state index in [4.69, 9.17) is 4.74 Å². The van der Waals surface area contributed by atoms with Gasteiger partial charge < -0.3 is 7.59 Å². The number of hydrogen-bond acceptors (Lipinski definition) is 2. The van der Waals surface area contributed by atoms with Crippen molar-refractivity contribution in [2.75, 3.05) is 6.61 Å². The van der Waals surface area contributed by atoms with Gasteiger partial charge in [-0.1, -0.05) is 20.3 Å². The Morgan fingerprint density at radius 1 is 1.55 bits per heavy atom. The van der Waals surface area contributed by atoms with Gasteiger partial charge in [-0.05, 0) is 13.3 Å². The number of rotatable bonds is 4. The zero-order chi connectivity index (χ0) is 7.98. The Labute approximate surface area is 102 Å². The van der Waals surface area contributed by atoms with Gasteiger partial charge in [0.15, 0.2) is 0 Å². The van der Waals surface area contributed by atoms with Crippen LogP contribution in [0.2, 0.25) is 0 Å². The van der Waals surface area contributed by atoms with Gasteiger partial charge >= 0.3 is 43.7 Å². The third kappa shape index (κ3) is 7.10. The quantitative estimate of drug-likeness (QED) is 0.494. The van der Waals surface area contributed by atoms with E-state index in [1.165, 1.54) is 0 Å². The third-order valence-corrected chi connectivity index (χ3v) is 1.41. The Morgan fingerprint density at radius 2 is 2.09 bits per heavy atom. The molecule has 0 aromatic heterocycles. The maximum atomic E-state index is 10.9. The van der Waals surface area contributed by atoms with Crippen molar-refractivity contribution in [2.45, 2.75) is 33.6 Å². The first kappa shape index (κ1) is 14.3. The fraction of sp³-hybridized carbons (Fsp3) is 0.875. The molecule has 0 N–H and O–H groups in total. The third-order valence-electron chi connectivity index (χ3n) is 1.41. The summed E-state index contributed by atoms with van der Waals surface area (Å²) in [5.74, 6) is 0.00861. The summed E-state index contributed by atoms with van der Waals surface area (Å²) in [4.78, 5) is 10.9. The molecule has 1 unspecified atom stereocenters. The average molecular weight is 186 g/mol. The van der Waals surface area contributed by atoms with Crippen molar-refractivity contribution in [3.63, 3.8) is 0 Å². The zero-order valence-electron chi connectivity index (χ0n) is 9.72. The van der Waals surface area contributed by atoms with Crippen LogP contribution in [0.4, 0.5) is 0 Å². The molecule has 0 radical (unpaired) electrons. The number of carbonyl (C=O) groups excluding carboxylic acids is 1. The smallest absolute Gasteiger partial charge is 1.00 e. The molecule has 0 aliphatic carbocycles. The molecule has 2 nitrogen and oxygen atoms in total. The molecule has 64 valence electrons. The number of carbonyl (C=O) groups is 1. The summed E-state index contributed by atoms with van der Waals surface area (Å²) < 4.78 is 4.82. The van der Waals surface area contributed by atoms with E-state index in [1.54, 1.807) is 0 Å². The van der Waals surface area contributed by atoms with E-state index in [-0.39, 0.29) is 52.5 Å². The topological polar surface area (TPSA) is 26.3 Å². The molecule has 0 amide bonds. The van der Waals surface area contributed by atoms with Gasteiger partial charge in [0.2, 0.25) is 0 Å². The van der Waals surface area contributed by atoms with Crippen LogP contribution < -0.4 is 0 Å². The zero-order valence-corrected chi connectivity index (χ0v) is 9.93. The summed E-state index contributed by atoms with van der Waals surface area (Å²) in [5, 5.41) is 0. The van der Waals surface area contributed by atoms with Crippen molar-refractivity contribution in [2.24, 2.45) is 5.92 Å². The molecule has 11 heavy (non-hydrogen) atoms. The van der Waals surface area contributed by atoms with E-state index in [0.29, 0.717) is 6.61 Å². The SMILES string of the molecule is CCCC(C)C(=O)OCC.[Ca+2].[H-].[H-]. The second-order valence-electron chi connectivity index (χ2n) is 2.44. The molecule has 1 atom stereocenters. The van der Waals surface area contributed by atoms with Gasteiger partial charge in [-0.3, -0.25) is 4.79 Å². The van der Waals surface area contributed by atoms with Crippen molar-refractivity contribution in [1.29, 1.82) is 0 Å². The van der Waals surface area contributed by atoms with Crippen LogP contribution in [0, 0.1) is 5.92 Å². The fourth-order valence-corrected chi connectivity index (χ4v) is 0.835. The Morgan fingerprint density at radius 3 is 2.45 bits per heavy atom. The van der Waals surface area contributed by atoms with Crippen molar-refractivity contribution >= 4 is 43.7 Å². The second kappa shape index (κ2) is 8.82. The van der Waals surface area contributed by atoms with Gasteiger partial charge in [0.25, 0.3) is 0 Å². The molecule has 3 heteroatoms. The Kier molecular flexibility index (Phi) is 11.4. The van der Waals surface area contributed by atoms with Crippen LogP contribution >= 0.6 is 0 Å². The molecular formula is C8H18CaO2. The molecule has 0 spiro atoms. The minimum atomic E-state index is -0.0654. The van der Waals surface area contributed by atoms with Crippen LogP contribution in [0.5, 0.6) is 0 Å². The molecule has 0 bridgehead atoms. The summed E-state index contributed by atoms with van der Waals surface area (Å²) in [6, 6.07) is 0. The van der Waals surface area contributed by atoms with Crippen molar-refractivity contribution in [3.8, 4) is 0 Å². The number of esters is 1. The first-order valence-electron chi connectivity index (χ1n) is 3.89. The monoisotopic (exact) mass is 186 g/mol. The summed E-state index contributed by atoms with van der Waals surface area (Å²) >= 11 is 0. The molecule has 0 fully saturated rings. The van der Waals surface area contributed by atoms with E-state index in [2.05, 4.69) is 6.92 Å². The van der Waals surface area contributed by atoms with Crippen LogP contribution in [0.3, 0.4) is 0 Å². The molecule has 0 saturated carbocycles. The van der Waals surface area contributed by atoms with E-state index in [1.807, 2.05) is 13.8 Å². The molecule has 0 rings (SSSR count). The molecule has 0 aliphatic heterocycles. The largest absolute Gasteiger partial charge is 2.00 e. The summed E-state index contributed by atoms with van der Waals surface area (Å²) in [7, 11) is 0. The maximum Gasteiger partial charge on any atom is 2.00 e. The van der Waals surface area contributed by atoms with Gasteiger partial charge in [-0.2, -0.15) is 0 Å². The first-order chi connectivity index (χ1) is 4.72. The number of ether oxygens (including phenoxy) is 1. The first-order valence-corrected chi connectivity index (χ1v) is 3.89. The molecule has 0 aliphatic rings. The summed E-state index contributed by atoms with van der Waals surface area (Å²) in [6.45, 7) is 6.29. The molecule has 0 saturated heterocycles.